The fourth-order valence-corrected chi connectivity index (χ4v) is 5.67. The minimum atomic E-state index is -3.82. The van der Waals surface area contributed by atoms with Gasteiger partial charge in [-0.2, -0.15) is 9.62 Å². The van der Waals surface area contributed by atoms with Crippen LogP contribution in [0.3, 0.4) is 0 Å². The molecule has 2 aromatic heterocycles. The van der Waals surface area contributed by atoms with E-state index in [0.29, 0.717) is 11.4 Å². The third-order valence-corrected chi connectivity index (χ3v) is 8.17. The lowest BCUT2D eigenvalue weighted by Crippen LogP contribution is -2.32. The Morgan fingerprint density at radius 2 is 1.93 bits per heavy atom. The quantitative estimate of drug-likeness (QED) is 0.172. The number of benzene rings is 2. The van der Waals surface area contributed by atoms with Crippen LogP contribution < -0.4 is 14.9 Å². The number of hydrogen-bond donors (Lipinski definition) is 2. The summed E-state index contributed by atoms with van der Waals surface area (Å²) in [6.07, 6.45) is 9.42. The molecule has 2 aromatic carbocycles. The maximum atomic E-state index is 12.6. The molecule has 1 unspecified atom stereocenters. The molecule has 0 aliphatic carbocycles. The number of hydrazone groups is 1. The summed E-state index contributed by atoms with van der Waals surface area (Å²) in [7, 11) is -3.82. The number of carbonyl (C=O) groups is 1. The van der Waals surface area contributed by atoms with Crippen LogP contribution in [0.15, 0.2) is 81.6 Å². The molecule has 41 heavy (non-hydrogen) atoms. The van der Waals surface area contributed by atoms with Crippen LogP contribution in [0.2, 0.25) is 0 Å². The maximum Gasteiger partial charge on any atom is 0.277 e. The minimum absolute atomic E-state index is 0.0305. The summed E-state index contributed by atoms with van der Waals surface area (Å²) in [6, 6.07) is 13.6. The van der Waals surface area contributed by atoms with Crippen LogP contribution in [0.1, 0.15) is 41.7 Å². The molecule has 1 aliphatic rings. The molecular formula is C26H28N8O5S2. The minimum Gasteiger partial charge on any atom is -0.484 e. The van der Waals surface area contributed by atoms with E-state index in [2.05, 4.69) is 30.5 Å². The summed E-state index contributed by atoms with van der Waals surface area (Å²) in [5.74, 6) is 0.407. The van der Waals surface area contributed by atoms with Crippen molar-refractivity contribution >= 4 is 39.8 Å². The van der Waals surface area contributed by atoms with Crippen molar-refractivity contribution < 1.29 is 22.4 Å². The van der Waals surface area contributed by atoms with Gasteiger partial charge in [0.2, 0.25) is 5.89 Å². The van der Waals surface area contributed by atoms with Gasteiger partial charge in [-0.15, -0.1) is 5.10 Å². The van der Waals surface area contributed by atoms with Gasteiger partial charge in [0, 0.05) is 24.6 Å². The predicted molar refractivity (Wildman–Crippen MR) is 152 cm³/mol. The molecule has 0 radical (unpaired) electrons. The monoisotopic (exact) mass is 596 g/mol. The number of oxazole rings is 1. The molecule has 0 spiro atoms. The van der Waals surface area contributed by atoms with E-state index >= 15 is 0 Å². The smallest absolute Gasteiger partial charge is 0.277 e. The van der Waals surface area contributed by atoms with Crippen LogP contribution in [0.4, 0.5) is 5.69 Å². The molecule has 0 fully saturated rings. The number of sulfonamides is 1. The average molecular weight is 597 g/mol. The number of unbranched alkanes of at least 4 members (excludes halogenated alkanes) is 1. The number of anilines is 1. The molecule has 13 nitrogen and oxygen atoms in total. The number of ether oxygens (including phenoxy) is 1. The number of hydrogen-bond acceptors (Lipinski definition) is 11. The molecule has 0 saturated heterocycles. The first-order chi connectivity index (χ1) is 19.8. The zero-order valence-electron chi connectivity index (χ0n) is 22.1. The van der Waals surface area contributed by atoms with Crippen LogP contribution >= 0.6 is 11.9 Å². The standard InChI is InChI=1S/C26H28N8O5S2/c1-19-16-28-34(40-19)32-41(36,37)23-11-7-21(8-12-23)29-26(35)24-17-39-25(30-24)18-38-22-9-5-20(6-10-22)4-2-3-14-33-15-13-27-31-33/h5-13,15-17,19,32H,2-4,14,18H2,1H3,(H,29,35). The number of aryl methyl sites for hydroxylation is 2. The van der Waals surface area contributed by atoms with Gasteiger partial charge in [0.25, 0.3) is 15.9 Å². The fraction of sp³-hybridized carbons (Fsp3) is 0.269. The van der Waals surface area contributed by atoms with Crippen LogP contribution in [0.25, 0.3) is 0 Å². The van der Waals surface area contributed by atoms with E-state index in [9.17, 15) is 13.2 Å². The topological polar surface area (TPSA) is 157 Å². The predicted octanol–water partition coefficient (Wildman–Crippen LogP) is 3.65. The van der Waals surface area contributed by atoms with Crippen LogP contribution in [-0.2, 0) is 29.6 Å². The summed E-state index contributed by atoms with van der Waals surface area (Å²) in [5, 5.41) is 14.5. The molecule has 15 heteroatoms. The highest BCUT2D eigenvalue weighted by molar-refractivity contribution is 7.99. The Bertz CT molecular complexity index is 1570. The Morgan fingerprint density at radius 3 is 2.63 bits per heavy atom. The lowest BCUT2D eigenvalue weighted by Gasteiger charge is -2.14. The molecular weight excluding hydrogens is 568 g/mol. The second-order valence-corrected chi connectivity index (χ2v) is 12.1. The normalized spacial score (nSPS) is 14.9. The summed E-state index contributed by atoms with van der Waals surface area (Å²) in [4.78, 5) is 19.2. The van der Waals surface area contributed by atoms with Gasteiger partial charge in [-0.3, -0.25) is 9.48 Å². The maximum absolute atomic E-state index is 12.6. The molecule has 0 bridgehead atoms. The fourth-order valence-electron chi connectivity index (χ4n) is 3.81. The largest absolute Gasteiger partial charge is 0.484 e. The lowest BCUT2D eigenvalue weighted by atomic mass is 10.1. The van der Waals surface area contributed by atoms with Crippen molar-refractivity contribution in [2.45, 2.75) is 49.5 Å². The molecule has 1 amide bonds. The van der Waals surface area contributed by atoms with Gasteiger partial charge in [0.1, 0.15) is 12.0 Å². The van der Waals surface area contributed by atoms with Gasteiger partial charge in [0.15, 0.2) is 12.3 Å². The number of nitrogens with zero attached hydrogens (tertiary/aromatic N) is 6. The Morgan fingerprint density at radius 1 is 1.12 bits per heavy atom. The molecule has 2 N–H and O–H groups in total. The van der Waals surface area contributed by atoms with Gasteiger partial charge in [-0.05, 0) is 80.1 Å². The molecule has 4 aromatic rings. The second kappa shape index (κ2) is 13.0. The van der Waals surface area contributed by atoms with Crippen LogP contribution in [0.5, 0.6) is 5.75 Å². The highest BCUT2D eigenvalue weighted by atomic mass is 32.2. The third kappa shape index (κ3) is 7.93. The van der Waals surface area contributed by atoms with Crippen LogP contribution in [0, 0.1) is 0 Å². The van der Waals surface area contributed by atoms with E-state index in [0.717, 1.165) is 25.8 Å². The average Bonchev–Trinajstić information content (AvgIpc) is 3.74. The van der Waals surface area contributed by atoms with Gasteiger partial charge in [0.05, 0.1) is 16.3 Å². The first-order valence-corrected chi connectivity index (χ1v) is 15.1. The van der Waals surface area contributed by atoms with Crippen LogP contribution in [-0.4, -0.2) is 50.3 Å². The van der Waals surface area contributed by atoms with Crippen molar-refractivity contribution in [1.82, 2.24) is 29.3 Å². The molecule has 5 rings (SSSR count). The summed E-state index contributed by atoms with van der Waals surface area (Å²) in [6.45, 7) is 2.80. The molecule has 0 saturated carbocycles. The Kier molecular flexibility index (Phi) is 8.96. The van der Waals surface area contributed by atoms with Crippen molar-refractivity contribution in [2.24, 2.45) is 5.10 Å². The van der Waals surface area contributed by atoms with Crippen molar-refractivity contribution in [3.8, 4) is 5.75 Å². The van der Waals surface area contributed by atoms with Gasteiger partial charge in [-0.1, -0.05) is 22.2 Å². The molecule has 1 atom stereocenters. The Labute approximate surface area is 241 Å². The summed E-state index contributed by atoms with van der Waals surface area (Å²) in [5.41, 5.74) is 1.68. The van der Waals surface area contributed by atoms with E-state index in [1.807, 2.05) is 42.1 Å². The van der Waals surface area contributed by atoms with E-state index in [-0.39, 0.29) is 28.3 Å². The number of nitrogens with one attached hydrogen (secondary N) is 2. The SMILES string of the molecule is CC1C=NN(NS(=O)(=O)c2ccc(NC(=O)c3coc(COc4ccc(CCCCn5ccnn5)cc4)n3)cc2)S1. The summed E-state index contributed by atoms with van der Waals surface area (Å²) < 4.78 is 39.3. The number of rotatable bonds is 13. The zero-order valence-corrected chi connectivity index (χ0v) is 23.7. The lowest BCUT2D eigenvalue weighted by molar-refractivity contribution is 0.102. The zero-order chi connectivity index (χ0) is 28.7. The van der Waals surface area contributed by atoms with Crippen molar-refractivity contribution in [3.63, 3.8) is 0 Å². The number of amides is 1. The third-order valence-electron chi connectivity index (χ3n) is 5.91. The van der Waals surface area contributed by atoms with E-state index < -0.39 is 15.9 Å². The van der Waals surface area contributed by atoms with Crippen molar-refractivity contribution in [2.75, 3.05) is 5.32 Å². The molecule has 3 heterocycles. The van der Waals surface area contributed by atoms with Gasteiger partial charge >= 0.3 is 0 Å². The number of aromatic nitrogens is 4. The summed E-state index contributed by atoms with van der Waals surface area (Å²) >= 11 is 1.24. The Balaban J connectivity index is 1.06. The number of carbonyl (C=O) groups excluding carboxylic acids is 1. The van der Waals surface area contributed by atoms with Gasteiger partial charge in [-0.25, -0.2) is 13.4 Å². The first-order valence-electron chi connectivity index (χ1n) is 12.8. The highest BCUT2D eigenvalue weighted by Gasteiger charge is 2.22. The van der Waals surface area contributed by atoms with Crippen molar-refractivity contribution in [1.29, 1.82) is 0 Å². The molecule has 1 aliphatic heterocycles. The Hall–Kier alpha value is -4.21. The van der Waals surface area contributed by atoms with E-state index in [4.69, 9.17) is 9.15 Å². The first kappa shape index (κ1) is 28.3. The van der Waals surface area contributed by atoms with E-state index in [1.165, 1.54) is 52.6 Å². The number of hydrazine groups is 1. The highest BCUT2D eigenvalue weighted by Crippen LogP contribution is 2.22. The van der Waals surface area contributed by atoms with E-state index in [1.54, 1.807) is 12.4 Å². The second-order valence-electron chi connectivity index (χ2n) is 9.10. The van der Waals surface area contributed by atoms with Crippen molar-refractivity contribution in [3.05, 3.63) is 84.3 Å². The van der Waals surface area contributed by atoms with Gasteiger partial charge < -0.3 is 14.5 Å². The molecule has 214 valence electrons.